The highest BCUT2D eigenvalue weighted by Crippen LogP contribution is 2.21. The zero-order valence-electron chi connectivity index (χ0n) is 11.5. The lowest BCUT2D eigenvalue weighted by atomic mass is 10.1. The van der Waals surface area contributed by atoms with Crippen LogP contribution in [-0.4, -0.2) is 36.8 Å². The molecule has 1 atom stereocenters. The molecule has 6 nitrogen and oxygen atoms in total. The van der Waals surface area contributed by atoms with E-state index >= 15 is 0 Å². The normalized spacial score (nSPS) is 18.5. The number of fused-ring (bicyclic) bond motifs is 1. The minimum Gasteiger partial charge on any atom is -0.480 e. The van der Waals surface area contributed by atoms with E-state index in [2.05, 4.69) is 10.2 Å². The van der Waals surface area contributed by atoms with E-state index in [-0.39, 0.29) is 0 Å². The topological polar surface area (TPSA) is 71.2 Å². The van der Waals surface area contributed by atoms with Gasteiger partial charge in [-0.2, -0.15) is 0 Å². The van der Waals surface area contributed by atoms with E-state index in [1.54, 1.807) is 0 Å². The molecule has 3 rings (SSSR count). The van der Waals surface area contributed by atoms with E-state index in [9.17, 15) is 9.90 Å². The van der Waals surface area contributed by atoms with Gasteiger partial charge in [0.15, 0.2) is 0 Å². The van der Waals surface area contributed by atoms with Gasteiger partial charge in [-0.25, -0.2) is 0 Å². The largest absolute Gasteiger partial charge is 0.480 e. The zero-order chi connectivity index (χ0) is 15.0. The summed E-state index contributed by atoms with van der Waals surface area (Å²) in [6.07, 6.45) is 0. The van der Waals surface area contributed by atoms with Gasteiger partial charge >= 0.3 is 5.97 Å². The molecular weight excluding hydrogens is 292 g/mol. The van der Waals surface area contributed by atoms with Crippen LogP contribution < -0.4 is 0 Å². The Hall–Kier alpha value is -1.92. The van der Waals surface area contributed by atoms with Crippen molar-refractivity contribution in [2.75, 3.05) is 0 Å². The third kappa shape index (κ3) is 2.77. The first-order valence-electron chi connectivity index (χ1n) is 6.64. The maximum atomic E-state index is 11.5. The molecule has 0 amide bonds. The number of carboxylic acid groups (broad SMARTS) is 1. The van der Waals surface area contributed by atoms with Crippen molar-refractivity contribution in [1.29, 1.82) is 0 Å². The smallest absolute Gasteiger partial charge is 0.322 e. The third-order valence-corrected chi connectivity index (χ3v) is 3.99. The Labute approximate surface area is 127 Å². The van der Waals surface area contributed by atoms with Gasteiger partial charge in [0, 0.05) is 11.6 Å². The number of hydrogen-bond acceptors (Lipinski definition) is 4. The molecule has 7 heteroatoms. The van der Waals surface area contributed by atoms with Gasteiger partial charge in [0.1, 0.15) is 17.7 Å². The van der Waals surface area contributed by atoms with E-state index in [0.29, 0.717) is 24.7 Å². The highest BCUT2D eigenvalue weighted by Gasteiger charge is 2.33. The van der Waals surface area contributed by atoms with Gasteiger partial charge in [-0.3, -0.25) is 9.69 Å². The molecule has 1 aliphatic heterocycles. The Kier molecular flexibility index (Phi) is 3.65. The zero-order valence-corrected chi connectivity index (χ0v) is 12.3. The van der Waals surface area contributed by atoms with Crippen LogP contribution in [0.2, 0.25) is 5.02 Å². The Morgan fingerprint density at radius 1 is 1.38 bits per heavy atom. The van der Waals surface area contributed by atoms with E-state index in [1.165, 1.54) is 0 Å². The predicted octanol–water partition coefficient (Wildman–Crippen LogP) is 1.71. The van der Waals surface area contributed by atoms with Gasteiger partial charge in [0.2, 0.25) is 0 Å². The van der Waals surface area contributed by atoms with Gasteiger partial charge in [-0.05, 0) is 24.6 Å². The summed E-state index contributed by atoms with van der Waals surface area (Å²) < 4.78 is 1.87. The predicted molar refractivity (Wildman–Crippen MR) is 76.9 cm³/mol. The monoisotopic (exact) mass is 306 g/mol. The molecule has 0 fully saturated rings. The Morgan fingerprint density at radius 3 is 2.76 bits per heavy atom. The fraction of sp³-hybridized carbons (Fsp3) is 0.357. The second kappa shape index (κ2) is 5.46. The van der Waals surface area contributed by atoms with Crippen LogP contribution in [0.1, 0.15) is 17.2 Å². The van der Waals surface area contributed by atoms with Crippen molar-refractivity contribution < 1.29 is 9.90 Å². The van der Waals surface area contributed by atoms with Crippen molar-refractivity contribution in [2.45, 2.75) is 32.6 Å². The average molecular weight is 307 g/mol. The molecule has 0 saturated carbocycles. The first kappa shape index (κ1) is 14.0. The van der Waals surface area contributed by atoms with E-state index in [4.69, 9.17) is 11.6 Å². The maximum absolute atomic E-state index is 11.5. The van der Waals surface area contributed by atoms with Crippen LogP contribution in [0.25, 0.3) is 0 Å². The maximum Gasteiger partial charge on any atom is 0.322 e. The van der Waals surface area contributed by atoms with Crippen molar-refractivity contribution >= 4 is 17.6 Å². The van der Waals surface area contributed by atoms with Crippen LogP contribution in [0.15, 0.2) is 24.3 Å². The fourth-order valence-corrected chi connectivity index (χ4v) is 2.71. The molecule has 21 heavy (non-hydrogen) atoms. The number of hydrogen-bond donors (Lipinski definition) is 1. The molecule has 0 spiro atoms. The molecule has 1 unspecified atom stereocenters. The number of aliphatic carboxylic acids is 1. The molecule has 2 heterocycles. The van der Waals surface area contributed by atoms with E-state index in [0.717, 1.165) is 17.2 Å². The summed E-state index contributed by atoms with van der Waals surface area (Å²) in [4.78, 5) is 13.4. The number of benzene rings is 1. The quantitative estimate of drug-likeness (QED) is 0.934. The summed E-state index contributed by atoms with van der Waals surface area (Å²) in [5, 5.41) is 18.3. The molecule has 1 aliphatic rings. The highest BCUT2D eigenvalue weighted by molar-refractivity contribution is 6.30. The summed E-state index contributed by atoms with van der Waals surface area (Å²) in [7, 11) is 0. The van der Waals surface area contributed by atoms with Crippen molar-refractivity contribution in [3.05, 3.63) is 46.5 Å². The van der Waals surface area contributed by atoms with Gasteiger partial charge in [0.25, 0.3) is 0 Å². The lowest BCUT2D eigenvalue weighted by Gasteiger charge is -2.33. The first-order chi connectivity index (χ1) is 10.0. The summed E-state index contributed by atoms with van der Waals surface area (Å²) in [6, 6.07) is 6.85. The molecule has 0 radical (unpaired) electrons. The molecular formula is C14H15ClN4O2. The van der Waals surface area contributed by atoms with Crippen LogP contribution in [0, 0.1) is 6.92 Å². The SMILES string of the molecule is Cc1nnc2n1CC(C(=O)O)N(Cc1ccc(Cl)cc1)C2. The average Bonchev–Trinajstić information content (AvgIpc) is 2.81. The number of halogens is 1. The highest BCUT2D eigenvalue weighted by atomic mass is 35.5. The number of rotatable bonds is 3. The van der Waals surface area contributed by atoms with Crippen LogP contribution in [-0.2, 0) is 24.4 Å². The molecule has 1 aromatic carbocycles. The van der Waals surface area contributed by atoms with Crippen LogP contribution in [0.3, 0.4) is 0 Å². The minimum absolute atomic E-state index is 0.372. The number of aryl methyl sites for hydroxylation is 1. The summed E-state index contributed by atoms with van der Waals surface area (Å²) in [5.74, 6) is 0.726. The number of carboxylic acids is 1. The molecule has 0 saturated heterocycles. The molecule has 1 N–H and O–H groups in total. The summed E-state index contributed by atoms with van der Waals surface area (Å²) in [5.41, 5.74) is 1.02. The van der Waals surface area contributed by atoms with Gasteiger partial charge in [-0.15, -0.1) is 10.2 Å². The van der Waals surface area contributed by atoms with Crippen molar-refractivity contribution in [3.8, 4) is 0 Å². The minimum atomic E-state index is -0.831. The van der Waals surface area contributed by atoms with Gasteiger partial charge in [0.05, 0.1) is 13.1 Å². The number of carbonyl (C=O) groups is 1. The number of nitrogens with zero attached hydrogens (tertiary/aromatic N) is 4. The lowest BCUT2D eigenvalue weighted by molar-refractivity contribution is -0.145. The van der Waals surface area contributed by atoms with Crippen LogP contribution >= 0.6 is 11.6 Å². The van der Waals surface area contributed by atoms with Crippen molar-refractivity contribution in [1.82, 2.24) is 19.7 Å². The third-order valence-electron chi connectivity index (χ3n) is 3.74. The lowest BCUT2D eigenvalue weighted by Crippen LogP contribution is -2.47. The summed E-state index contributed by atoms with van der Waals surface area (Å²) in [6.45, 7) is 3.22. The Balaban J connectivity index is 1.85. The Bertz CT molecular complexity index is 668. The molecule has 110 valence electrons. The van der Waals surface area contributed by atoms with Crippen LogP contribution in [0.5, 0.6) is 0 Å². The van der Waals surface area contributed by atoms with Crippen LogP contribution in [0.4, 0.5) is 0 Å². The van der Waals surface area contributed by atoms with Gasteiger partial charge in [-0.1, -0.05) is 23.7 Å². The van der Waals surface area contributed by atoms with Crippen molar-refractivity contribution in [2.24, 2.45) is 0 Å². The molecule has 0 bridgehead atoms. The second-order valence-electron chi connectivity index (χ2n) is 5.16. The van der Waals surface area contributed by atoms with Crippen molar-refractivity contribution in [3.63, 3.8) is 0 Å². The van der Waals surface area contributed by atoms with E-state index < -0.39 is 12.0 Å². The molecule has 1 aromatic heterocycles. The molecule has 0 aliphatic carbocycles. The number of aromatic nitrogens is 3. The summed E-state index contributed by atoms with van der Waals surface area (Å²) >= 11 is 5.87. The first-order valence-corrected chi connectivity index (χ1v) is 7.02. The fourth-order valence-electron chi connectivity index (χ4n) is 2.58. The standard InChI is InChI=1S/C14H15ClN4O2/c1-9-16-17-13-8-18(12(14(20)21)7-19(9)13)6-10-2-4-11(15)5-3-10/h2-5,12H,6-8H2,1H3,(H,20,21). The Morgan fingerprint density at radius 2 is 2.10 bits per heavy atom. The van der Waals surface area contributed by atoms with Gasteiger partial charge < -0.3 is 9.67 Å². The molecule has 2 aromatic rings. The van der Waals surface area contributed by atoms with E-state index in [1.807, 2.05) is 40.7 Å². The second-order valence-corrected chi connectivity index (χ2v) is 5.60.